The van der Waals surface area contributed by atoms with E-state index >= 15 is 0 Å². The first-order chi connectivity index (χ1) is 11.6. The van der Waals surface area contributed by atoms with E-state index in [0.717, 1.165) is 27.1 Å². The first kappa shape index (κ1) is 15.3. The van der Waals surface area contributed by atoms with Crippen LogP contribution >= 0.6 is 22.7 Å². The summed E-state index contributed by atoms with van der Waals surface area (Å²) in [6, 6.07) is 15.9. The Bertz CT molecular complexity index is 993. The zero-order chi connectivity index (χ0) is 16.7. The van der Waals surface area contributed by atoms with Gasteiger partial charge in [0.2, 0.25) is 0 Å². The second-order valence-corrected chi connectivity index (χ2v) is 7.31. The van der Waals surface area contributed by atoms with Gasteiger partial charge in [-0.1, -0.05) is 36.4 Å². The van der Waals surface area contributed by atoms with Crippen LogP contribution in [0, 0.1) is 0 Å². The van der Waals surface area contributed by atoms with E-state index in [9.17, 15) is 10.2 Å². The van der Waals surface area contributed by atoms with Crippen LogP contribution in [0.4, 0.5) is 5.69 Å². The van der Waals surface area contributed by atoms with E-state index in [1.807, 2.05) is 53.9 Å². The standard InChI is InChI=1S/C18H14N2O2S2/c19-15-14-11(10-5-2-1-3-6-10)9-12(13-7-4-8-23-13)20-17(14)24-16(15)18(21)22/h1-9,18,21-22H,19H2. The maximum atomic E-state index is 9.58. The van der Waals surface area contributed by atoms with Gasteiger partial charge in [-0.15, -0.1) is 22.7 Å². The zero-order valence-corrected chi connectivity index (χ0v) is 14.1. The summed E-state index contributed by atoms with van der Waals surface area (Å²) >= 11 is 2.84. The lowest BCUT2D eigenvalue weighted by molar-refractivity contribution is -0.0389. The van der Waals surface area contributed by atoms with E-state index < -0.39 is 6.29 Å². The molecule has 3 aromatic heterocycles. The number of rotatable bonds is 3. The van der Waals surface area contributed by atoms with Gasteiger partial charge >= 0.3 is 0 Å². The highest BCUT2D eigenvalue weighted by Crippen LogP contribution is 2.43. The third-order valence-electron chi connectivity index (χ3n) is 3.82. The molecule has 4 N–H and O–H groups in total. The van der Waals surface area contributed by atoms with Crippen LogP contribution in [-0.2, 0) is 0 Å². The third-order valence-corrected chi connectivity index (χ3v) is 5.85. The normalized spacial score (nSPS) is 11.5. The van der Waals surface area contributed by atoms with Crippen LogP contribution in [-0.4, -0.2) is 15.2 Å². The summed E-state index contributed by atoms with van der Waals surface area (Å²) in [5.74, 6) is 0. The van der Waals surface area contributed by atoms with Crippen molar-refractivity contribution in [2.75, 3.05) is 5.73 Å². The number of benzene rings is 1. The molecular formula is C18H14N2O2S2. The molecule has 3 heterocycles. The van der Waals surface area contributed by atoms with E-state index in [-0.39, 0.29) is 0 Å². The second-order valence-electron chi connectivity index (χ2n) is 5.33. The molecule has 4 rings (SSSR count). The molecule has 0 atom stereocenters. The van der Waals surface area contributed by atoms with Gasteiger partial charge in [-0.25, -0.2) is 4.98 Å². The van der Waals surface area contributed by atoms with Crippen molar-refractivity contribution in [3.63, 3.8) is 0 Å². The smallest absolute Gasteiger partial charge is 0.190 e. The van der Waals surface area contributed by atoms with Crippen molar-refractivity contribution in [2.45, 2.75) is 6.29 Å². The van der Waals surface area contributed by atoms with Crippen LogP contribution in [0.5, 0.6) is 0 Å². The summed E-state index contributed by atoms with van der Waals surface area (Å²) in [6.07, 6.45) is -1.60. The number of aromatic nitrogens is 1. The quantitative estimate of drug-likeness (QED) is 0.480. The minimum atomic E-state index is -1.60. The molecule has 0 bridgehead atoms. The third kappa shape index (κ3) is 2.50. The molecule has 0 aliphatic carbocycles. The highest BCUT2D eigenvalue weighted by molar-refractivity contribution is 7.19. The van der Waals surface area contributed by atoms with Gasteiger partial charge < -0.3 is 15.9 Å². The number of nitrogens with zero attached hydrogens (tertiary/aromatic N) is 1. The zero-order valence-electron chi connectivity index (χ0n) is 12.5. The van der Waals surface area contributed by atoms with Gasteiger partial charge in [0.1, 0.15) is 4.83 Å². The Morgan fingerprint density at radius 2 is 1.83 bits per heavy atom. The molecule has 0 fully saturated rings. The molecule has 0 aliphatic rings. The lowest BCUT2D eigenvalue weighted by Crippen LogP contribution is -1.96. The Labute approximate surface area is 146 Å². The van der Waals surface area contributed by atoms with Crippen molar-refractivity contribution in [1.82, 2.24) is 4.98 Å². The fraction of sp³-hybridized carbons (Fsp3) is 0.0556. The fourth-order valence-electron chi connectivity index (χ4n) is 2.73. The highest BCUT2D eigenvalue weighted by atomic mass is 32.1. The Kier molecular flexibility index (Phi) is 3.82. The maximum absolute atomic E-state index is 9.58. The van der Waals surface area contributed by atoms with Gasteiger partial charge in [-0.05, 0) is 28.6 Å². The first-order valence-electron chi connectivity index (χ1n) is 7.33. The molecule has 1 aromatic carbocycles. The number of pyridine rings is 1. The van der Waals surface area contributed by atoms with Crippen LogP contribution in [0.2, 0.25) is 0 Å². The number of anilines is 1. The summed E-state index contributed by atoms with van der Waals surface area (Å²) in [5, 5.41) is 21.9. The number of hydrogen-bond donors (Lipinski definition) is 3. The van der Waals surface area contributed by atoms with Gasteiger partial charge in [0.05, 0.1) is 21.1 Å². The first-order valence-corrected chi connectivity index (χ1v) is 9.03. The Hall–Kier alpha value is -2.25. The molecule has 0 saturated carbocycles. The molecule has 0 saturated heterocycles. The monoisotopic (exact) mass is 354 g/mol. The Morgan fingerprint density at radius 1 is 1.04 bits per heavy atom. The molecule has 4 aromatic rings. The van der Waals surface area contributed by atoms with E-state index in [1.165, 1.54) is 11.3 Å². The minimum Gasteiger partial charge on any atom is -0.397 e. The predicted molar refractivity (Wildman–Crippen MR) is 100.0 cm³/mol. The molecule has 24 heavy (non-hydrogen) atoms. The van der Waals surface area contributed by atoms with E-state index in [2.05, 4.69) is 0 Å². The molecule has 4 nitrogen and oxygen atoms in total. The van der Waals surface area contributed by atoms with Crippen molar-refractivity contribution in [3.05, 3.63) is 58.8 Å². The van der Waals surface area contributed by atoms with E-state index in [4.69, 9.17) is 10.7 Å². The van der Waals surface area contributed by atoms with Crippen molar-refractivity contribution in [2.24, 2.45) is 0 Å². The largest absolute Gasteiger partial charge is 0.397 e. The number of aliphatic hydroxyl groups excluding tert-OH is 1. The highest BCUT2D eigenvalue weighted by Gasteiger charge is 2.20. The molecule has 0 radical (unpaired) electrons. The van der Waals surface area contributed by atoms with Crippen molar-refractivity contribution in [1.29, 1.82) is 0 Å². The van der Waals surface area contributed by atoms with Crippen molar-refractivity contribution >= 4 is 38.6 Å². The second kappa shape index (κ2) is 5.99. The molecule has 6 heteroatoms. The average Bonchev–Trinajstić information content (AvgIpc) is 3.23. The fourth-order valence-corrected chi connectivity index (χ4v) is 4.40. The summed E-state index contributed by atoms with van der Waals surface area (Å²) in [7, 11) is 0. The van der Waals surface area contributed by atoms with Crippen molar-refractivity contribution in [3.8, 4) is 21.7 Å². The van der Waals surface area contributed by atoms with Gasteiger partial charge in [-0.2, -0.15) is 0 Å². The average molecular weight is 354 g/mol. The maximum Gasteiger partial charge on any atom is 0.190 e. The number of fused-ring (bicyclic) bond motifs is 1. The molecule has 0 aliphatic heterocycles. The van der Waals surface area contributed by atoms with Crippen LogP contribution in [0.15, 0.2) is 53.9 Å². The summed E-state index contributed by atoms with van der Waals surface area (Å²) in [6.45, 7) is 0. The van der Waals surface area contributed by atoms with Gasteiger partial charge in [0.15, 0.2) is 6.29 Å². The van der Waals surface area contributed by atoms with Crippen molar-refractivity contribution < 1.29 is 10.2 Å². The molecule has 0 spiro atoms. The lowest BCUT2D eigenvalue weighted by atomic mass is 10.0. The number of thiophene rings is 2. The van der Waals surface area contributed by atoms with Crippen LogP contribution < -0.4 is 5.73 Å². The van der Waals surface area contributed by atoms with E-state index in [1.54, 1.807) is 11.3 Å². The molecule has 120 valence electrons. The van der Waals surface area contributed by atoms with Gasteiger partial charge in [-0.3, -0.25) is 0 Å². The minimum absolute atomic E-state index is 0.331. The summed E-state index contributed by atoms with van der Waals surface area (Å²) < 4.78 is 0. The van der Waals surface area contributed by atoms with Gasteiger partial charge in [0, 0.05) is 5.39 Å². The van der Waals surface area contributed by atoms with Crippen LogP contribution in [0.3, 0.4) is 0 Å². The number of nitrogen functional groups attached to an aromatic ring is 1. The number of hydrogen-bond acceptors (Lipinski definition) is 6. The summed E-state index contributed by atoms with van der Waals surface area (Å²) in [5.41, 5.74) is 9.41. The lowest BCUT2D eigenvalue weighted by Gasteiger charge is -2.08. The van der Waals surface area contributed by atoms with Gasteiger partial charge in [0.25, 0.3) is 0 Å². The topological polar surface area (TPSA) is 79.4 Å². The molecular weight excluding hydrogens is 340 g/mol. The van der Waals surface area contributed by atoms with Crippen LogP contribution in [0.1, 0.15) is 11.2 Å². The Balaban J connectivity index is 2.06. The summed E-state index contributed by atoms with van der Waals surface area (Å²) in [4.78, 5) is 6.80. The SMILES string of the molecule is Nc1c(C(O)O)sc2nc(-c3cccs3)cc(-c3ccccc3)c12. The molecule has 0 unspecified atom stereocenters. The van der Waals surface area contributed by atoms with Crippen LogP contribution in [0.25, 0.3) is 31.9 Å². The predicted octanol–water partition coefficient (Wildman–Crippen LogP) is 4.26. The Morgan fingerprint density at radius 3 is 2.50 bits per heavy atom. The van der Waals surface area contributed by atoms with E-state index in [0.29, 0.717) is 15.4 Å². The number of nitrogens with two attached hydrogens (primary N) is 1. The number of aliphatic hydroxyl groups is 2. The molecule has 0 amide bonds.